The number of aliphatic hydroxyl groups is 1. The van der Waals surface area contributed by atoms with Gasteiger partial charge in [-0.05, 0) is 43.1 Å². The number of fused-ring (bicyclic) bond motifs is 1. The lowest BCUT2D eigenvalue weighted by Crippen LogP contribution is -2.24. The standard InChI is InChI=1S/C20H22N2O3/c1-13-3-2-4-14(11-13)9-10-21-12-18(24)15-5-7-17(23)20-16(15)6-8-19(25)22-20/h2-8,11,18,21,23-24H,9-10,12H2,1H3,(H,22,25)/t18-/m1/s1. The highest BCUT2D eigenvalue weighted by atomic mass is 16.3. The van der Waals surface area contributed by atoms with E-state index in [-0.39, 0.29) is 11.3 Å². The molecule has 4 N–H and O–H groups in total. The number of phenols is 1. The van der Waals surface area contributed by atoms with Crippen molar-refractivity contribution < 1.29 is 10.2 Å². The summed E-state index contributed by atoms with van der Waals surface area (Å²) >= 11 is 0. The van der Waals surface area contributed by atoms with Gasteiger partial charge in [-0.25, -0.2) is 0 Å². The highest BCUT2D eigenvalue weighted by Gasteiger charge is 2.13. The summed E-state index contributed by atoms with van der Waals surface area (Å²) < 4.78 is 0. The number of rotatable bonds is 6. The molecule has 0 spiro atoms. The Morgan fingerprint density at radius 2 is 2.00 bits per heavy atom. The van der Waals surface area contributed by atoms with Crippen LogP contribution in [0.1, 0.15) is 22.8 Å². The van der Waals surface area contributed by atoms with Crippen molar-refractivity contribution in [3.8, 4) is 5.75 Å². The monoisotopic (exact) mass is 338 g/mol. The fraction of sp³-hybridized carbons (Fsp3) is 0.250. The van der Waals surface area contributed by atoms with Gasteiger partial charge < -0.3 is 20.5 Å². The fourth-order valence-electron chi connectivity index (χ4n) is 3.00. The van der Waals surface area contributed by atoms with Crippen LogP contribution >= 0.6 is 0 Å². The average Bonchev–Trinajstić information content (AvgIpc) is 2.59. The molecule has 0 saturated carbocycles. The van der Waals surface area contributed by atoms with Crippen molar-refractivity contribution >= 4 is 10.9 Å². The lowest BCUT2D eigenvalue weighted by atomic mass is 10.0. The van der Waals surface area contributed by atoms with E-state index >= 15 is 0 Å². The maximum atomic E-state index is 11.4. The summed E-state index contributed by atoms with van der Waals surface area (Å²) in [4.78, 5) is 14.1. The van der Waals surface area contributed by atoms with Crippen molar-refractivity contribution in [1.29, 1.82) is 0 Å². The molecule has 25 heavy (non-hydrogen) atoms. The van der Waals surface area contributed by atoms with E-state index in [0.29, 0.717) is 23.0 Å². The number of aliphatic hydroxyl groups excluding tert-OH is 1. The van der Waals surface area contributed by atoms with Gasteiger partial charge in [0.15, 0.2) is 0 Å². The van der Waals surface area contributed by atoms with E-state index in [1.807, 2.05) is 6.07 Å². The van der Waals surface area contributed by atoms with Gasteiger partial charge in [-0.2, -0.15) is 0 Å². The number of aryl methyl sites for hydroxylation is 1. The molecule has 1 heterocycles. The predicted molar refractivity (Wildman–Crippen MR) is 98.9 cm³/mol. The molecular weight excluding hydrogens is 316 g/mol. The second-order valence-corrected chi connectivity index (χ2v) is 6.24. The Morgan fingerprint density at radius 3 is 2.80 bits per heavy atom. The lowest BCUT2D eigenvalue weighted by molar-refractivity contribution is 0.176. The lowest BCUT2D eigenvalue weighted by Gasteiger charge is -2.15. The summed E-state index contributed by atoms with van der Waals surface area (Å²) in [7, 11) is 0. The first-order valence-electron chi connectivity index (χ1n) is 8.34. The van der Waals surface area contributed by atoms with E-state index in [1.165, 1.54) is 23.3 Å². The van der Waals surface area contributed by atoms with Crippen LogP contribution in [0.4, 0.5) is 0 Å². The molecule has 0 bridgehead atoms. The first kappa shape index (κ1) is 17.2. The molecule has 5 heteroatoms. The summed E-state index contributed by atoms with van der Waals surface area (Å²) in [6, 6.07) is 14.6. The molecule has 0 radical (unpaired) electrons. The summed E-state index contributed by atoms with van der Waals surface area (Å²) in [6.45, 7) is 3.22. The Labute approximate surface area is 146 Å². The van der Waals surface area contributed by atoms with Gasteiger partial charge in [-0.1, -0.05) is 35.9 Å². The first-order chi connectivity index (χ1) is 12.0. The number of H-pyrrole nitrogens is 1. The van der Waals surface area contributed by atoms with E-state index in [1.54, 1.807) is 12.1 Å². The summed E-state index contributed by atoms with van der Waals surface area (Å²) in [5.41, 5.74) is 3.23. The third-order valence-electron chi connectivity index (χ3n) is 4.28. The van der Waals surface area contributed by atoms with Gasteiger partial charge in [0.25, 0.3) is 0 Å². The van der Waals surface area contributed by atoms with Crippen LogP contribution in [0.15, 0.2) is 53.3 Å². The molecule has 0 unspecified atom stereocenters. The van der Waals surface area contributed by atoms with E-state index in [4.69, 9.17) is 0 Å². The number of nitrogens with one attached hydrogen (secondary N) is 2. The Hall–Kier alpha value is -2.63. The van der Waals surface area contributed by atoms with Crippen molar-refractivity contribution in [1.82, 2.24) is 10.3 Å². The molecule has 3 aromatic rings. The van der Waals surface area contributed by atoms with Gasteiger partial charge >= 0.3 is 0 Å². The predicted octanol–water partition coefficient (Wildman–Crippen LogP) is 2.41. The summed E-state index contributed by atoms with van der Waals surface area (Å²) in [6.07, 6.45) is 0.157. The first-order valence-corrected chi connectivity index (χ1v) is 8.34. The SMILES string of the molecule is Cc1cccc(CCNC[C@@H](O)c2ccc(O)c3[nH]c(=O)ccc23)c1. The molecular formula is C20H22N2O3. The number of hydrogen-bond donors (Lipinski definition) is 4. The van der Waals surface area contributed by atoms with Crippen molar-refractivity contribution in [2.45, 2.75) is 19.4 Å². The zero-order valence-corrected chi connectivity index (χ0v) is 14.1. The van der Waals surface area contributed by atoms with E-state index < -0.39 is 6.10 Å². The van der Waals surface area contributed by atoms with Crippen LogP contribution in [0, 0.1) is 6.92 Å². The van der Waals surface area contributed by atoms with Gasteiger partial charge in [-0.3, -0.25) is 4.79 Å². The minimum absolute atomic E-state index is 0.00365. The van der Waals surface area contributed by atoms with Gasteiger partial charge in [0, 0.05) is 18.0 Å². The molecule has 0 amide bonds. The van der Waals surface area contributed by atoms with Crippen molar-refractivity contribution in [2.24, 2.45) is 0 Å². The van der Waals surface area contributed by atoms with Gasteiger partial charge in [0.05, 0.1) is 11.6 Å². The molecule has 0 aliphatic rings. The quantitative estimate of drug-likeness (QED) is 0.520. The minimum Gasteiger partial charge on any atom is -0.506 e. The number of phenolic OH excluding ortho intramolecular Hbond substituents is 1. The second-order valence-electron chi connectivity index (χ2n) is 6.24. The number of aromatic nitrogens is 1. The molecule has 0 aliphatic carbocycles. The third-order valence-corrected chi connectivity index (χ3v) is 4.28. The van der Waals surface area contributed by atoms with Gasteiger partial charge in [0.2, 0.25) is 5.56 Å². The van der Waals surface area contributed by atoms with E-state index in [0.717, 1.165) is 13.0 Å². The number of aromatic amines is 1. The normalized spacial score (nSPS) is 12.4. The molecule has 1 atom stereocenters. The highest BCUT2D eigenvalue weighted by Crippen LogP contribution is 2.28. The number of hydrogen-bond acceptors (Lipinski definition) is 4. The Bertz CT molecular complexity index is 934. The average molecular weight is 338 g/mol. The summed E-state index contributed by atoms with van der Waals surface area (Å²) in [5.74, 6) is -0.00365. The van der Waals surface area contributed by atoms with Crippen LogP contribution in [0.3, 0.4) is 0 Å². The molecule has 2 aromatic carbocycles. The van der Waals surface area contributed by atoms with Gasteiger partial charge in [-0.15, -0.1) is 0 Å². The van der Waals surface area contributed by atoms with Crippen LogP contribution in [-0.2, 0) is 6.42 Å². The van der Waals surface area contributed by atoms with Crippen molar-refractivity contribution in [3.63, 3.8) is 0 Å². The highest BCUT2D eigenvalue weighted by molar-refractivity contribution is 5.87. The summed E-state index contributed by atoms with van der Waals surface area (Å²) in [5, 5.41) is 24.3. The van der Waals surface area contributed by atoms with E-state index in [9.17, 15) is 15.0 Å². The molecule has 1 aromatic heterocycles. The van der Waals surface area contributed by atoms with Crippen LogP contribution in [-0.4, -0.2) is 28.3 Å². The van der Waals surface area contributed by atoms with E-state index in [2.05, 4.69) is 35.4 Å². The third kappa shape index (κ3) is 4.07. The number of pyridine rings is 1. The van der Waals surface area contributed by atoms with Crippen molar-refractivity contribution in [3.05, 3.63) is 75.6 Å². The van der Waals surface area contributed by atoms with Gasteiger partial charge in [0.1, 0.15) is 5.75 Å². The maximum Gasteiger partial charge on any atom is 0.248 e. The Morgan fingerprint density at radius 1 is 1.16 bits per heavy atom. The molecule has 3 rings (SSSR count). The largest absolute Gasteiger partial charge is 0.506 e. The molecule has 0 fully saturated rings. The Balaban J connectivity index is 1.65. The smallest absolute Gasteiger partial charge is 0.248 e. The number of benzene rings is 2. The number of aromatic hydroxyl groups is 1. The minimum atomic E-state index is -0.730. The molecule has 130 valence electrons. The second kappa shape index (κ2) is 7.51. The fourth-order valence-corrected chi connectivity index (χ4v) is 3.00. The topological polar surface area (TPSA) is 85.3 Å². The van der Waals surface area contributed by atoms with Crippen LogP contribution in [0.2, 0.25) is 0 Å². The molecule has 0 saturated heterocycles. The Kier molecular flexibility index (Phi) is 5.16. The zero-order chi connectivity index (χ0) is 17.8. The maximum absolute atomic E-state index is 11.4. The molecule has 5 nitrogen and oxygen atoms in total. The zero-order valence-electron chi connectivity index (χ0n) is 14.1. The molecule has 0 aliphatic heterocycles. The van der Waals surface area contributed by atoms with Crippen LogP contribution in [0.25, 0.3) is 10.9 Å². The van der Waals surface area contributed by atoms with Crippen LogP contribution in [0.5, 0.6) is 5.75 Å². The van der Waals surface area contributed by atoms with Crippen LogP contribution < -0.4 is 10.9 Å². The van der Waals surface area contributed by atoms with Crippen molar-refractivity contribution in [2.75, 3.05) is 13.1 Å².